The zero-order valence-corrected chi connectivity index (χ0v) is 11.8. The molecule has 0 bridgehead atoms. The van der Waals surface area contributed by atoms with Crippen LogP contribution in [0.5, 0.6) is 0 Å². The molecule has 1 aliphatic heterocycles. The zero-order valence-electron chi connectivity index (χ0n) is 11.1. The molecule has 1 saturated heterocycles. The molecular weight excluding hydrogens is 246 g/mol. The number of benzene rings is 1. The Bertz CT molecular complexity index is 370. The van der Waals surface area contributed by atoms with Gasteiger partial charge in [-0.05, 0) is 25.8 Å². The van der Waals surface area contributed by atoms with Crippen LogP contribution in [0.25, 0.3) is 0 Å². The monoisotopic (exact) mass is 267 g/mol. The summed E-state index contributed by atoms with van der Waals surface area (Å²) in [5, 5.41) is 9.58. The molecule has 4 atom stereocenters. The van der Waals surface area contributed by atoms with Crippen LogP contribution in [0.4, 0.5) is 0 Å². The van der Waals surface area contributed by atoms with E-state index in [9.17, 15) is 5.11 Å². The van der Waals surface area contributed by atoms with Gasteiger partial charge in [-0.3, -0.25) is 4.90 Å². The van der Waals surface area contributed by atoms with Crippen LogP contribution in [0, 0.1) is 5.92 Å². The van der Waals surface area contributed by atoms with E-state index in [1.807, 2.05) is 6.07 Å². The summed E-state index contributed by atoms with van der Waals surface area (Å²) in [5.74, 6) is 0.173. The largest absolute Gasteiger partial charge is 0.396 e. The fourth-order valence-corrected chi connectivity index (χ4v) is 3.49. The summed E-state index contributed by atoms with van der Waals surface area (Å²) < 4.78 is 0. The third-order valence-corrected chi connectivity index (χ3v) is 4.66. The Balaban J connectivity index is 2.11. The van der Waals surface area contributed by atoms with E-state index in [-0.39, 0.29) is 17.9 Å². The lowest BCUT2D eigenvalue weighted by atomic mass is 9.86. The first kappa shape index (κ1) is 13.9. The van der Waals surface area contributed by atoms with Gasteiger partial charge in [0.05, 0.1) is 0 Å². The number of rotatable bonds is 3. The van der Waals surface area contributed by atoms with E-state index in [0.717, 1.165) is 13.0 Å². The van der Waals surface area contributed by atoms with Crippen LogP contribution in [0.3, 0.4) is 0 Å². The van der Waals surface area contributed by atoms with E-state index >= 15 is 0 Å². The molecule has 0 aromatic heterocycles. The van der Waals surface area contributed by atoms with E-state index in [0.29, 0.717) is 12.1 Å². The number of nitrogens with zero attached hydrogens (tertiary/aromatic N) is 1. The molecular formula is C15H22ClNO. The minimum Gasteiger partial charge on any atom is -0.396 e. The Morgan fingerprint density at radius 1 is 1.28 bits per heavy atom. The van der Waals surface area contributed by atoms with Gasteiger partial charge in [-0.15, -0.1) is 11.6 Å². The highest BCUT2D eigenvalue weighted by molar-refractivity contribution is 6.20. The highest BCUT2D eigenvalue weighted by Gasteiger charge is 2.37. The van der Waals surface area contributed by atoms with Crippen molar-refractivity contribution < 1.29 is 5.11 Å². The summed E-state index contributed by atoms with van der Waals surface area (Å²) in [6.07, 6.45) is 0.948. The summed E-state index contributed by atoms with van der Waals surface area (Å²) in [6, 6.07) is 11.3. The lowest BCUT2D eigenvalue weighted by molar-refractivity contribution is 0.0274. The number of alkyl halides is 1. The first-order valence-corrected chi connectivity index (χ1v) is 7.11. The maximum atomic E-state index is 9.49. The molecule has 0 aliphatic carbocycles. The molecule has 1 aromatic carbocycles. The summed E-state index contributed by atoms with van der Waals surface area (Å²) in [4.78, 5) is 2.45. The fraction of sp³-hybridized carbons (Fsp3) is 0.600. The van der Waals surface area contributed by atoms with Crippen molar-refractivity contribution in [1.82, 2.24) is 4.90 Å². The van der Waals surface area contributed by atoms with Gasteiger partial charge in [-0.25, -0.2) is 0 Å². The van der Waals surface area contributed by atoms with Crippen molar-refractivity contribution in [1.29, 1.82) is 0 Å². The highest BCUT2D eigenvalue weighted by Crippen LogP contribution is 2.32. The van der Waals surface area contributed by atoms with Gasteiger partial charge in [0.1, 0.15) is 0 Å². The third-order valence-electron chi connectivity index (χ3n) is 4.16. The van der Waals surface area contributed by atoms with Crippen molar-refractivity contribution in [2.75, 3.05) is 6.61 Å². The second-order valence-corrected chi connectivity index (χ2v) is 5.91. The Labute approximate surface area is 115 Å². The molecule has 4 unspecified atom stereocenters. The maximum Gasteiger partial charge on any atom is 0.0488 e. The standard InChI is InChI=1S/C15H22ClNO/c1-11-8-15(16)14(10-18)12(2)17(11)9-13-6-4-3-5-7-13/h3-7,11-12,14-15,18H,8-10H2,1-2H3. The first-order chi connectivity index (χ1) is 8.63. The molecule has 1 fully saturated rings. The van der Waals surface area contributed by atoms with E-state index in [4.69, 9.17) is 11.6 Å². The van der Waals surface area contributed by atoms with Gasteiger partial charge in [0.2, 0.25) is 0 Å². The number of aliphatic hydroxyl groups excluding tert-OH is 1. The Hall–Kier alpha value is -0.570. The number of hydrogen-bond acceptors (Lipinski definition) is 2. The topological polar surface area (TPSA) is 23.5 Å². The van der Waals surface area contributed by atoms with Gasteiger partial charge in [0.15, 0.2) is 0 Å². The molecule has 18 heavy (non-hydrogen) atoms. The van der Waals surface area contributed by atoms with Crippen LogP contribution >= 0.6 is 11.6 Å². The molecule has 0 amide bonds. The van der Waals surface area contributed by atoms with Crippen molar-refractivity contribution in [3.63, 3.8) is 0 Å². The van der Waals surface area contributed by atoms with Gasteiger partial charge in [-0.1, -0.05) is 30.3 Å². The quantitative estimate of drug-likeness (QED) is 0.852. The van der Waals surface area contributed by atoms with Crippen LogP contribution < -0.4 is 0 Å². The molecule has 0 spiro atoms. The lowest BCUT2D eigenvalue weighted by Gasteiger charge is -2.45. The Morgan fingerprint density at radius 3 is 2.56 bits per heavy atom. The normalized spacial score (nSPS) is 33.6. The molecule has 2 nitrogen and oxygen atoms in total. The summed E-state index contributed by atoms with van der Waals surface area (Å²) in [6.45, 7) is 5.51. The zero-order chi connectivity index (χ0) is 13.1. The summed E-state index contributed by atoms with van der Waals surface area (Å²) in [5.41, 5.74) is 1.32. The Morgan fingerprint density at radius 2 is 1.94 bits per heavy atom. The number of likely N-dealkylation sites (tertiary alicyclic amines) is 1. The molecule has 0 radical (unpaired) electrons. The first-order valence-electron chi connectivity index (χ1n) is 6.68. The number of aliphatic hydroxyl groups is 1. The smallest absolute Gasteiger partial charge is 0.0488 e. The van der Waals surface area contributed by atoms with E-state index in [1.54, 1.807) is 0 Å². The van der Waals surface area contributed by atoms with Gasteiger partial charge in [0.25, 0.3) is 0 Å². The molecule has 100 valence electrons. The second-order valence-electron chi connectivity index (χ2n) is 5.35. The molecule has 3 heteroatoms. The second kappa shape index (κ2) is 6.05. The number of piperidine rings is 1. The third kappa shape index (κ3) is 2.87. The van der Waals surface area contributed by atoms with Gasteiger partial charge in [0, 0.05) is 36.5 Å². The average Bonchev–Trinajstić information content (AvgIpc) is 2.36. The minimum atomic E-state index is 0.0898. The predicted molar refractivity (Wildman–Crippen MR) is 75.7 cm³/mol. The molecule has 2 rings (SSSR count). The van der Waals surface area contributed by atoms with E-state index in [1.165, 1.54) is 5.56 Å². The van der Waals surface area contributed by atoms with Crippen LogP contribution in [-0.4, -0.2) is 34.1 Å². The molecule has 1 heterocycles. The van der Waals surface area contributed by atoms with Crippen molar-refractivity contribution in [3.8, 4) is 0 Å². The summed E-state index contributed by atoms with van der Waals surface area (Å²) in [7, 11) is 0. The van der Waals surface area contributed by atoms with E-state index in [2.05, 4.69) is 43.0 Å². The highest BCUT2D eigenvalue weighted by atomic mass is 35.5. The lowest BCUT2D eigenvalue weighted by Crippen LogP contribution is -2.53. The van der Waals surface area contributed by atoms with Gasteiger partial charge in [-0.2, -0.15) is 0 Å². The van der Waals surface area contributed by atoms with Crippen molar-refractivity contribution >= 4 is 11.6 Å². The maximum absolute atomic E-state index is 9.49. The van der Waals surface area contributed by atoms with Gasteiger partial charge < -0.3 is 5.11 Å². The molecule has 1 aromatic rings. The van der Waals surface area contributed by atoms with Crippen LogP contribution in [0.15, 0.2) is 30.3 Å². The van der Waals surface area contributed by atoms with Crippen molar-refractivity contribution in [3.05, 3.63) is 35.9 Å². The van der Waals surface area contributed by atoms with E-state index < -0.39 is 0 Å². The summed E-state index contributed by atoms with van der Waals surface area (Å²) >= 11 is 6.35. The van der Waals surface area contributed by atoms with Crippen molar-refractivity contribution in [2.45, 2.75) is 44.3 Å². The molecule has 1 N–H and O–H groups in total. The van der Waals surface area contributed by atoms with Gasteiger partial charge >= 0.3 is 0 Å². The number of halogens is 1. The van der Waals surface area contributed by atoms with Crippen LogP contribution in [0.1, 0.15) is 25.8 Å². The SMILES string of the molecule is CC1CC(Cl)C(CO)C(C)N1Cc1ccccc1. The van der Waals surface area contributed by atoms with Crippen molar-refractivity contribution in [2.24, 2.45) is 5.92 Å². The molecule has 1 aliphatic rings. The fourth-order valence-electron chi connectivity index (χ4n) is 2.95. The Kier molecular flexibility index (Phi) is 4.66. The van der Waals surface area contributed by atoms with Crippen LogP contribution in [0.2, 0.25) is 0 Å². The average molecular weight is 268 g/mol. The number of hydrogen-bond donors (Lipinski definition) is 1. The van der Waals surface area contributed by atoms with Crippen LogP contribution in [-0.2, 0) is 6.54 Å². The minimum absolute atomic E-state index is 0.0898. The molecule has 0 saturated carbocycles. The predicted octanol–water partition coefficient (Wildman–Crippen LogP) is 2.89.